The molecule has 3 aromatic heterocycles. The SMILES string of the molecule is c1ccc(-c2ccc(-c3nc(-c4ccccc4)nc(-c4cccc(Sc5ccc(-c6nc(-c7ccccc7)nc(-n7c8ccccc8c8ccccc87)n6)cc5)c4)n3)cc2)cc1. The third-order valence-corrected chi connectivity index (χ3v) is 11.8. The Morgan fingerprint density at radius 1 is 0.274 bits per heavy atom. The summed E-state index contributed by atoms with van der Waals surface area (Å²) >= 11 is 1.68. The van der Waals surface area contributed by atoms with E-state index in [9.17, 15) is 0 Å². The van der Waals surface area contributed by atoms with E-state index in [1.165, 1.54) is 0 Å². The first kappa shape index (κ1) is 37.0. The summed E-state index contributed by atoms with van der Waals surface area (Å²) in [5.74, 6) is 3.65. The number of aromatic nitrogens is 7. The van der Waals surface area contributed by atoms with Crippen molar-refractivity contribution >= 4 is 33.6 Å². The average molecular weight is 814 g/mol. The molecule has 0 saturated carbocycles. The van der Waals surface area contributed by atoms with Gasteiger partial charge < -0.3 is 0 Å². The predicted octanol–water partition coefficient (Wildman–Crippen LogP) is 13.3. The van der Waals surface area contributed by atoms with Crippen molar-refractivity contribution in [3.05, 3.63) is 212 Å². The molecule has 0 spiro atoms. The summed E-state index contributed by atoms with van der Waals surface area (Å²) in [6, 6.07) is 72.5. The summed E-state index contributed by atoms with van der Waals surface area (Å²) in [6.07, 6.45) is 0. The molecule has 3 heterocycles. The van der Waals surface area contributed by atoms with Gasteiger partial charge in [0.05, 0.1) is 11.0 Å². The Labute approximate surface area is 362 Å². The van der Waals surface area contributed by atoms with E-state index in [0.717, 1.165) is 70.5 Å². The van der Waals surface area contributed by atoms with Crippen LogP contribution in [0.25, 0.3) is 95.8 Å². The lowest BCUT2D eigenvalue weighted by molar-refractivity contribution is 0.953. The lowest BCUT2D eigenvalue weighted by Gasteiger charge is -2.11. The maximum Gasteiger partial charge on any atom is 0.238 e. The summed E-state index contributed by atoms with van der Waals surface area (Å²) in [5, 5.41) is 2.30. The number of fused-ring (bicyclic) bond motifs is 3. The minimum absolute atomic E-state index is 0.572. The number of nitrogens with zero attached hydrogens (tertiary/aromatic N) is 7. The Kier molecular flexibility index (Phi) is 9.65. The van der Waals surface area contributed by atoms with Crippen molar-refractivity contribution in [2.45, 2.75) is 9.79 Å². The molecule has 0 aliphatic heterocycles. The van der Waals surface area contributed by atoms with Crippen LogP contribution in [0.1, 0.15) is 0 Å². The fourth-order valence-electron chi connectivity index (χ4n) is 7.75. The van der Waals surface area contributed by atoms with Crippen LogP contribution in [-0.2, 0) is 0 Å². The normalized spacial score (nSPS) is 11.3. The molecular formula is C54H35N7S. The van der Waals surface area contributed by atoms with Crippen molar-refractivity contribution in [1.82, 2.24) is 34.5 Å². The van der Waals surface area contributed by atoms with Crippen LogP contribution in [-0.4, -0.2) is 34.5 Å². The van der Waals surface area contributed by atoms with Gasteiger partial charge in [-0.15, -0.1) is 0 Å². The van der Waals surface area contributed by atoms with Gasteiger partial charge in [0, 0.05) is 48.4 Å². The van der Waals surface area contributed by atoms with E-state index in [-0.39, 0.29) is 0 Å². The molecule has 0 atom stereocenters. The highest BCUT2D eigenvalue weighted by Gasteiger charge is 2.18. The zero-order chi connectivity index (χ0) is 41.2. The Morgan fingerprint density at radius 3 is 1.18 bits per heavy atom. The lowest BCUT2D eigenvalue weighted by Crippen LogP contribution is -2.06. The van der Waals surface area contributed by atoms with Gasteiger partial charge in [0.2, 0.25) is 5.95 Å². The van der Waals surface area contributed by atoms with Crippen molar-refractivity contribution < 1.29 is 0 Å². The molecule has 292 valence electrons. The van der Waals surface area contributed by atoms with E-state index in [0.29, 0.717) is 35.1 Å². The second-order valence-electron chi connectivity index (χ2n) is 14.8. The molecule has 62 heavy (non-hydrogen) atoms. The number of para-hydroxylation sites is 2. The van der Waals surface area contributed by atoms with E-state index < -0.39 is 0 Å². The number of rotatable bonds is 9. The Balaban J connectivity index is 0.920. The minimum atomic E-state index is 0.572. The molecule has 0 aliphatic rings. The molecular weight excluding hydrogens is 779 g/mol. The molecule has 0 radical (unpaired) electrons. The van der Waals surface area contributed by atoms with Crippen molar-refractivity contribution in [2.75, 3.05) is 0 Å². The van der Waals surface area contributed by atoms with E-state index >= 15 is 0 Å². The monoisotopic (exact) mass is 813 g/mol. The first-order chi connectivity index (χ1) is 30.7. The van der Waals surface area contributed by atoms with Crippen molar-refractivity contribution in [3.63, 3.8) is 0 Å². The zero-order valence-electron chi connectivity index (χ0n) is 33.2. The Bertz CT molecular complexity index is 3300. The van der Waals surface area contributed by atoms with E-state index in [1.807, 2.05) is 66.7 Å². The fourth-order valence-corrected chi connectivity index (χ4v) is 8.62. The third kappa shape index (κ3) is 7.29. The Hall–Kier alpha value is -8.07. The lowest BCUT2D eigenvalue weighted by atomic mass is 10.0. The third-order valence-electron chi connectivity index (χ3n) is 10.8. The van der Waals surface area contributed by atoms with Crippen LogP contribution in [0.4, 0.5) is 0 Å². The van der Waals surface area contributed by atoms with Crippen molar-refractivity contribution in [1.29, 1.82) is 0 Å². The second-order valence-corrected chi connectivity index (χ2v) is 15.9. The molecule has 0 saturated heterocycles. The number of benzene rings is 8. The average Bonchev–Trinajstić information content (AvgIpc) is 3.69. The molecule has 8 heteroatoms. The van der Waals surface area contributed by atoms with Crippen LogP contribution < -0.4 is 0 Å². The summed E-state index contributed by atoms with van der Waals surface area (Å²) < 4.78 is 2.14. The van der Waals surface area contributed by atoms with Crippen molar-refractivity contribution in [3.8, 4) is 74.0 Å². The van der Waals surface area contributed by atoms with Crippen LogP contribution in [0, 0.1) is 0 Å². The molecule has 0 fully saturated rings. The number of hydrogen-bond acceptors (Lipinski definition) is 7. The molecule has 11 aromatic rings. The predicted molar refractivity (Wildman–Crippen MR) is 251 cm³/mol. The maximum absolute atomic E-state index is 5.12. The highest BCUT2D eigenvalue weighted by Crippen LogP contribution is 2.35. The highest BCUT2D eigenvalue weighted by atomic mass is 32.2. The van der Waals surface area contributed by atoms with Gasteiger partial charge in [0.25, 0.3) is 0 Å². The van der Waals surface area contributed by atoms with Gasteiger partial charge in [0.1, 0.15) is 0 Å². The van der Waals surface area contributed by atoms with Crippen LogP contribution in [0.15, 0.2) is 222 Å². The van der Waals surface area contributed by atoms with Gasteiger partial charge in [0.15, 0.2) is 29.1 Å². The van der Waals surface area contributed by atoms with Crippen molar-refractivity contribution in [2.24, 2.45) is 0 Å². The van der Waals surface area contributed by atoms with Gasteiger partial charge in [-0.2, -0.15) is 9.97 Å². The molecule has 0 bridgehead atoms. The Morgan fingerprint density at radius 2 is 0.645 bits per heavy atom. The molecule has 0 amide bonds. The molecule has 8 aromatic carbocycles. The van der Waals surface area contributed by atoms with Gasteiger partial charge in [-0.3, -0.25) is 4.57 Å². The summed E-state index contributed by atoms with van der Waals surface area (Å²) in [6.45, 7) is 0. The second kappa shape index (κ2) is 16.2. The summed E-state index contributed by atoms with van der Waals surface area (Å²) in [5.41, 5.74) is 8.97. The molecule has 11 rings (SSSR count). The van der Waals surface area contributed by atoms with Crippen LogP contribution in [0.5, 0.6) is 0 Å². The zero-order valence-corrected chi connectivity index (χ0v) is 34.1. The van der Waals surface area contributed by atoms with Gasteiger partial charge >= 0.3 is 0 Å². The van der Waals surface area contributed by atoms with Gasteiger partial charge in [-0.25, -0.2) is 19.9 Å². The van der Waals surface area contributed by atoms with Gasteiger partial charge in [-0.05, 0) is 47.5 Å². The molecule has 0 N–H and O–H groups in total. The quantitative estimate of drug-likeness (QED) is 0.143. The highest BCUT2D eigenvalue weighted by molar-refractivity contribution is 7.99. The smallest absolute Gasteiger partial charge is 0.238 e. The fraction of sp³-hybridized carbons (Fsp3) is 0. The minimum Gasteiger partial charge on any atom is -0.278 e. The van der Waals surface area contributed by atoms with E-state index in [2.05, 4.69) is 150 Å². The molecule has 7 nitrogen and oxygen atoms in total. The van der Waals surface area contributed by atoms with E-state index in [1.54, 1.807) is 11.8 Å². The summed E-state index contributed by atoms with van der Waals surface area (Å²) in [7, 11) is 0. The van der Waals surface area contributed by atoms with Gasteiger partial charge in [-0.1, -0.05) is 188 Å². The standard InChI is InChI=1S/C54H35N7S/c1-4-15-36(16-5-1)37-27-29-40(30-28-37)50-55-49(38-17-6-2-7-18-38)56-53(57-50)42-21-14-22-44(35-42)62-43-33-31-41(32-34-43)52-58-51(39-19-8-3-9-20-39)59-54(60-52)61-47-25-12-10-23-45(47)46-24-11-13-26-48(46)61/h1-35H. The first-order valence-electron chi connectivity index (χ1n) is 20.4. The topological polar surface area (TPSA) is 82.3 Å². The van der Waals surface area contributed by atoms with E-state index in [4.69, 9.17) is 29.9 Å². The summed E-state index contributed by atoms with van der Waals surface area (Å²) in [4.78, 5) is 32.3. The van der Waals surface area contributed by atoms with Crippen LogP contribution >= 0.6 is 11.8 Å². The van der Waals surface area contributed by atoms with Crippen LogP contribution in [0.2, 0.25) is 0 Å². The molecule has 0 aliphatic carbocycles. The maximum atomic E-state index is 5.12. The first-order valence-corrected chi connectivity index (χ1v) is 21.2. The number of hydrogen-bond donors (Lipinski definition) is 0. The largest absolute Gasteiger partial charge is 0.278 e. The van der Waals surface area contributed by atoms with Crippen LogP contribution in [0.3, 0.4) is 0 Å². The molecule has 0 unspecified atom stereocenters.